The Kier molecular flexibility index (Phi) is 4.30. The molecule has 0 unspecified atom stereocenters. The molecule has 1 aromatic heterocycles. The van der Waals surface area contributed by atoms with E-state index in [1.807, 2.05) is 24.3 Å². The first-order valence-corrected chi connectivity index (χ1v) is 6.14. The van der Waals surface area contributed by atoms with Crippen molar-refractivity contribution in [3.63, 3.8) is 0 Å². The van der Waals surface area contributed by atoms with E-state index in [1.54, 1.807) is 7.05 Å². The summed E-state index contributed by atoms with van der Waals surface area (Å²) in [6.07, 6.45) is 1.72. The lowest BCUT2D eigenvalue weighted by Crippen LogP contribution is -2.07. The van der Waals surface area contributed by atoms with E-state index in [9.17, 15) is 0 Å². The number of nitrogens with one attached hydrogen (secondary N) is 2. The van der Waals surface area contributed by atoms with E-state index < -0.39 is 0 Å². The second-order valence-corrected chi connectivity index (χ2v) is 4.02. The van der Waals surface area contributed by atoms with Crippen LogP contribution in [0.2, 0.25) is 0 Å². The normalized spacial score (nSPS) is 10.6. The second-order valence-electron chi connectivity index (χ2n) is 4.02. The van der Waals surface area contributed by atoms with Crippen LogP contribution in [0.4, 0.5) is 11.8 Å². The number of benzene rings is 1. The Morgan fingerprint density at radius 2 is 2.00 bits per heavy atom. The summed E-state index contributed by atoms with van der Waals surface area (Å²) in [5, 5.41) is 16.0. The van der Waals surface area contributed by atoms with E-state index in [-0.39, 0.29) is 6.61 Å². The van der Waals surface area contributed by atoms with E-state index in [2.05, 4.69) is 20.6 Å². The van der Waals surface area contributed by atoms with Crippen molar-refractivity contribution in [3.05, 3.63) is 24.3 Å². The maximum absolute atomic E-state index is 8.75. The third kappa shape index (κ3) is 2.87. The van der Waals surface area contributed by atoms with Crippen molar-refractivity contribution in [1.82, 2.24) is 9.97 Å². The van der Waals surface area contributed by atoms with Crippen LogP contribution >= 0.6 is 0 Å². The third-order valence-electron chi connectivity index (χ3n) is 2.70. The fourth-order valence-electron chi connectivity index (χ4n) is 1.77. The molecular formula is C13H18N4O. The molecule has 3 N–H and O–H groups in total. The second kappa shape index (κ2) is 6.16. The van der Waals surface area contributed by atoms with Gasteiger partial charge in [0.2, 0.25) is 5.95 Å². The summed E-state index contributed by atoms with van der Waals surface area (Å²) in [7, 11) is 1.81. The molecule has 0 radical (unpaired) electrons. The number of hydrogen-bond donors (Lipinski definition) is 3. The standard InChI is InChI=1S/C13H18N4O/c1-14-13-16-11-7-3-2-6-10(11)12(17-13)15-8-4-5-9-18/h2-3,6-7,18H,4-5,8-9H2,1H3,(H2,14,15,16,17). The minimum atomic E-state index is 0.230. The van der Waals surface area contributed by atoms with E-state index >= 15 is 0 Å². The van der Waals surface area contributed by atoms with Crippen LogP contribution in [0.15, 0.2) is 24.3 Å². The predicted octanol–water partition coefficient (Wildman–Crippen LogP) is 1.86. The highest BCUT2D eigenvalue weighted by molar-refractivity contribution is 5.89. The number of para-hydroxylation sites is 1. The topological polar surface area (TPSA) is 70.1 Å². The average Bonchev–Trinajstić information content (AvgIpc) is 2.43. The van der Waals surface area contributed by atoms with Gasteiger partial charge in [-0.1, -0.05) is 12.1 Å². The molecule has 2 aromatic rings. The van der Waals surface area contributed by atoms with Gasteiger partial charge in [-0.3, -0.25) is 0 Å². The summed E-state index contributed by atoms with van der Waals surface area (Å²) in [6, 6.07) is 7.91. The summed E-state index contributed by atoms with van der Waals surface area (Å²) in [4.78, 5) is 8.82. The van der Waals surface area contributed by atoms with Gasteiger partial charge in [-0.15, -0.1) is 0 Å². The molecule has 5 nitrogen and oxygen atoms in total. The SMILES string of the molecule is CNc1nc(NCCCCO)c2ccccc2n1. The van der Waals surface area contributed by atoms with Crippen molar-refractivity contribution >= 4 is 22.7 Å². The summed E-state index contributed by atoms with van der Waals surface area (Å²) >= 11 is 0. The molecule has 5 heteroatoms. The number of aromatic nitrogens is 2. The van der Waals surface area contributed by atoms with Crippen molar-refractivity contribution < 1.29 is 5.11 Å². The largest absolute Gasteiger partial charge is 0.396 e. The van der Waals surface area contributed by atoms with Crippen molar-refractivity contribution in [3.8, 4) is 0 Å². The third-order valence-corrected chi connectivity index (χ3v) is 2.70. The van der Waals surface area contributed by atoms with Crippen molar-refractivity contribution in [1.29, 1.82) is 0 Å². The average molecular weight is 246 g/mol. The zero-order valence-corrected chi connectivity index (χ0v) is 10.5. The van der Waals surface area contributed by atoms with Crippen molar-refractivity contribution in [2.45, 2.75) is 12.8 Å². The molecule has 0 saturated carbocycles. The van der Waals surface area contributed by atoms with Crippen LogP contribution in [0, 0.1) is 0 Å². The molecule has 1 heterocycles. The molecule has 0 saturated heterocycles. The predicted molar refractivity (Wildman–Crippen MR) is 73.9 cm³/mol. The highest BCUT2D eigenvalue weighted by atomic mass is 16.2. The Labute approximate surface area is 106 Å². The Balaban J connectivity index is 2.23. The molecule has 0 spiro atoms. The minimum Gasteiger partial charge on any atom is -0.396 e. The molecule has 96 valence electrons. The van der Waals surface area contributed by atoms with Crippen LogP contribution in [0.1, 0.15) is 12.8 Å². The van der Waals surface area contributed by atoms with Gasteiger partial charge >= 0.3 is 0 Å². The van der Waals surface area contributed by atoms with Gasteiger partial charge in [-0.25, -0.2) is 4.98 Å². The first kappa shape index (κ1) is 12.6. The Hall–Kier alpha value is -1.88. The number of nitrogens with zero attached hydrogens (tertiary/aromatic N) is 2. The van der Waals surface area contributed by atoms with Gasteiger partial charge in [0.05, 0.1) is 5.52 Å². The molecule has 0 aliphatic rings. The molecule has 0 fully saturated rings. The van der Waals surface area contributed by atoms with Crippen LogP contribution in [0.5, 0.6) is 0 Å². The number of anilines is 2. The van der Waals surface area contributed by atoms with E-state index in [0.29, 0.717) is 5.95 Å². The molecule has 18 heavy (non-hydrogen) atoms. The van der Waals surface area contributed by atoms with Crippen LogP contribution in [-0.2, 0) is 0 Å². The molecule has 0 aliphatic carbocycles. The van der Waals surface area contributed by atoms with Crippen LogP contribution in [0.3, 0.4) is 0 Å². The van der Waals surface area contributed by atoms with Gasteiger partial charge < -0.3 is 15.7 Å². The van der Waals surface area contributed by atoms with Crippen LogP contribution < -0.4 is 10.6 Å². The summed E-state index contributed by atoms with van der Waals surface area (Å²) in [5.74, 6) is 1.45. The summed E-state index contributed by atoms with van der Waals surface area (Å²) < 4.78 is 0. The first-order valence-electron chi connectivity index (χ1n) is 6.14. The lowest BCUT2D eigenvalue weighted by Gasteiger charge is -2.10. The molecule has 2 rings (SSSR count). The lowest BCUT2D eigenvalue weighted by atomic mass is 10.2. The molecular weight excluding hydrogens is 228 g/mol. The van der Waals surface area contributed by atoms with E-state index in [0.717, 1.165) is 36.1 Å². The first-order chi connectivity index (χ1) is 8.85. The molecule has 0 aliphatic heterocycles. The van der Waals surface area contributed by atoms with Gasteiger partial charge in [0, 0.05) is 25.6 Å². The maximum Gasteiger partial charge on any atom is 0.224 e. The number of aliphatic hydroxyl groups is 1. The summed E-state index contributed by atoms with van der Waals surface area (Å²) in [5.41, 5.74) is 0.918. The minimum absolute atomic E-state index is 0.230. The monoisotopic (exact) mass is 246 g/mol. The van der Waals surface area contributed by atoms with Crippen LogP contribution in [0.25, 0.3) is 10.9 Å². The van der Waals surface area contributed by atoms with Crippen molar-refractivity contribution in [2.75, 3.05) is 30.8 Å². The van der Waals surface area contributed by atoms with E-state index in [4.69, 9.17) is 5.11 Å². The number of fused-ring (bicyclic) bond motifs is 1. The zero-order valence-electron chi connectivity index (χ0n) is 10.5. The maximum atomic E-state index is 8.75. The molecule has 1 aromatic carbocycles. The Morgan fingerprint density at radius 1 is 1.17 bits per heavy atom. The van der Waals surface area contributed by atoms with Gasteiger partial charge in [0.25, 0.3) is 0 Å². The smallest absolute Gasteiger partial charge is 0.224 e. The fourth-order valence-corrected chi connectivity index (χ4v) is 1.77. The summed E-state index contributed by atoms with van der Waals surface area (Å²) in [6.45, 7) is 1.03. The van der Waals surface area contributed by atoms with E-state index in [1.165, 1.54) is 0 Å². The Morgan fingerprint density at radius 3 is 2.78 bits per heavy atom. The molecule has 0 bridgehead atoms. The highest BCUT2D eigenvalue weighted by Gasteiger charge is 2.05. The lowest BCUT2D eigenvalue weighted by molar-refractivity contribution is 0.286. The fraction of sp³-hybridized carbons (Fsp3) is 0.385. The number of rotatable bonds is 6. The van der Waals surface area contributed by atoms with Gasteiger partial charge in [-0.2, -0.15) is 4.98 Å². The quantitative estimate of drug-likeness (QED) is 0.679. The zero-order chi connectivity index (χ0) is 12.8. The van der Waals surface area contributed by atoms with Crippen LogP contribution in [-0.4, -0.2) is 35.3 Å². The number of unbranched alkanes of at least 4 members (excludes halogenated alkanes) is 1. The number of aliphatic hydroxyl groups excluding tert-OH is 1. The van der Waals surface area contributed by atoms with Gasteiger partial charge in [0.1, 0.15) is 5.82 Å². The Bertz CT molecular complexity index is 515. The van der Waals surface area contributed by atoms with Gasteiger partial charge in [-0.05, 0) is 25.0 Å². The molecule has 0 amide bonds. The number of hydrogen-bond acceptors (Lipinski definition) is 5. The highest BCUT2D eigenvalue weighted by Crippen LogP contribution is 2.21. The molecule has 0 atom stereocenters. The van der Waals surface area contributed by atoms with Crippen molar-refractivity contribution in [2.24, 2.45) is 0 Å². The van der Waals surface area contributed by atoms with Gasteiger partial charge in [0.15, 0.2) is 0 Å².